The number of carbonyl (C=O) groups is 1. The molecule has 1 aromatic heterocycles. The van der Waals surface area contributed by atoms with Crippen LogP contribution in [0.4, 0.5) is 5.13 Å². The molecule has 1 atom stereocenters. The summed E-state index contributed by atoms with van der Waals surface area (Å²) in [4.78, 5) is 16.2. The fourth-order valence-electron chi connectivity index (χ4n) is 1.93. The first kappa shape index (κ1) is 19.1. The minimum absolute atomic E-state index is 0.0742. The fraction of sp³-hybridized carbons (Fsp3) is 0.529. The molecule has 0 aliphatic carbocycles. The third kappa shape index (κ3) is 5.16. The van der Waals surface area contributed by atoms with Crippen molar-refractivity contribution < 1.29 is 14.3 Å². The van der Waals surface area contributed by atoms with Gasteiger partial charge >= 0.3 is 0 Å². The molecule has 0 bridgehead atoms. The van der Waals surface area contributed by atoms with Crippen LogP contribution in [0.2, 0.25) is 0 Å². The number of methoxy groups -OCH3 is 1. The molecule has 24 heavy (non-hydrogen) atoms. The molecule has 5 nitrogen and oxygen atoms in total. The van der Waals surface area contributed by atoms with Crippen molar-refractivity contribution in [2.45, 2.75) is 44.0 Å². The highest BCUT2D eigenvalue weighted by molar-refractivity contribution is 9.10. The number of nitrogens with one attached hydrogen (secondary N) is 1. The van der Waals surface area contributed by atoms with Gasteiger partial charge in [-0.25, -0.2) is 4.98 Å². The lowest BCUT2D eigenvalue weighted by Crippen LogP contribution is -2.25. The Bertz CT molecular complexity index is 702. The number of halogens is 1. The number of nitrogens with zero attached hydrogens (tertiary/aromatic N) is 1. The van der Waals surface area contributed by atoms with E-state index in [0.29, 0.717) is 11.7 Å². The Morgan fingerprint density at radius 3 is 2.88 bits per heavy atom. The lowest BCUT2D eigenvalue weighted by atomic mass is 10.1. The lowest BCUT2D eigenvalue weighted by Gasteiger charge is -2.22. The molecule has 2 aromatic rings. The Labute approximate surface area is 154 Å². The van der Waals surface area contributed by atoms with Gasteiger partial charge in [-0.15, -0.1) is 0 Å². The van der Waals surface area contributed by atoms with Gasteiger partial charge in [0.25, 0.3) is 0 Å². The summed E-state index contributed by atoms with van der Waals surface area (Å²) < 4.78 is 12.2. The summed E-state index contributed by atoms with van der Waals surface area (Å²) in [5.74, 6) is 0.720. The molecule has 0 spiro atoms. The number of anilines is 1. The second-order valence-corrected chi connectivity index (χ2v) is 8.21. The van der Waals surface area contributed by atoms with Crippen LogP contribution in [0.15, 0.2) is 18.2 Å². The third-order valence-corrected chi connectivity index (χ3v) is 5.76. The molecule has 1 amide bonds. The van der Waals surface area contributed by atoms with Gasteiger partial charge in [0.15, 0.2) is 5.13 Å². The maximum absolute atomic E-state index is 11.9. The highest BCUT2D eigenvalue weighted by atomic mass is 79.9. The van der Waals surface area contributed by atoms with E-state index in [-0.39, 0.29) is 16.3 Å². The fourth-order valence-corrected chi connectivity index (χ4v) is 2.95. The summed E-state index contributed by atoms with van der Waals surface area (Å²) in [6.07, 6.45) is 1.53. The quantitative estimate of drug-likeness (QED) is 0.640. The van der Waals surface area contributed by atoms with Gasteiger partial charge in [-0.3, -0.25) is 4.79 Å². The highest BCUT2D eigenvalue weighted by Crippen LogP contribution is 2.30. The Morgan fingerprint density at radius 1 is 1.46 bits per heavy atom. The molecular weight excluding hydrogens is 392 g/mol. The second kappa shape index (κ2) is 8.27. The van der Waals surface area contributed by atoms with Crippen LogP contribution in [0.5, 0.6) is 5.75 Å². The Morgan fingerprint density at radius 2 is 2.21 bits per heavy atom. The summed E-state index contributed by atoms with van der Waals surface area (Å²) in [5.41, 5.74) is 0.653. The zero-order valence-corrected chi connectivity index (χ0v) is 16.8. The lowest BCUT2D eigenvalue weighted by molar-refractivity contribution is -0.115. The number of thiazole rings is 1. The monoisotopic (exact) mass is 414 g/mol. The van der Waals surface area contributed by atoms with Gasteiger partial charge < -0.3 is 14.8 Å². The smallest absolute Gasteiger partial charge is 0.239 e. The van der Waals surface area contributed by atoms with E-state index in [4.69, 9.17) is 9.47 Å². The van der Waals surface area contributed by atoms with Gasteiger partial charge in [0.2, 0.25) is 5.91 Å². The van der Waals surface area contributed by atoms with Gasteiger partial charge in [0.05, 0.1) is 27.3 Å². The van der Waals surface area contributed by atoms with Crippen LogP contribution in [0, 0.1) is 0 Å². The number of amides is 1. The molecule has 1 N–H and O–H groups in total. The van der Waals surface area contributed by atoms with E-state index in [1.54, 1.807) is 7.11 Å². The molecule has 0 aliphatic heterocycles. The molecule has 0 saturated carbocycles. The summed E-state index contributed by atoms with van der Waals surface area (Å²) in [6.45, 7) is 6.60. The van der Waals surface area contributed by atoms with Crippen molar-refractivity contribution >= 4 is 48.5 Å². The zero-order chi connectivity index (χ0) is 17.7. The standard InChI is InChI=1S/C17H23BrN2O3S/c1-5-12(18)15(21)20-16-19-13-7-6-11(10-14(13)24-16)23-9-8-17(2,3)22-4/h6-7,10,12H,5,8-9H2,1-4H3,(H,19,20,21)/t12-/m0/s1. The van der Waals surface area contributed by atoms with E-state index in [9.17, 15) is 4.79 Å². The van der Waals surface area contributed by atoms with Gasteiger partial charge in [0, 0.05) is 13.5 Å². The van der Waals surface area contributed by atoms with Crippen LogP contribution < -0.4 is 10.1 Å². The number of hydrogen-bond donors (Lipinski definition) is 1. The van der Waals surface area contributed by atoms with Crippen molar-refractivity contribution in [2.24, 2.45) is 0 Å². The molecular formula is C17H23BrN2O3S. The Hall–Kier alpha value is -1.18. The van der Waals surface area contributed by atoms with Crippen LogP contribution in [0.3, 0.4) is 0 Å². The predicted octanol–water partition coefficient (Wildman–Crippen LogP) is 4.60. The maximum atomic E-state index is 11.9. The summed E-state index contributed by atoms with van der Waals surface area (Å²) in [7, 11) is 1.70. The maximum Gasteiger partial charge on any atom is 0.239 e. The normalized spacial score (nSPS) is 13.0. The number of benzene rings is 1. The van der Waals surface area contributed by atoms with E-state index >= 15 is 0 Å². The van der Waals surface area contributed by atoms with E-state index in [2.05, 4.69) is 26.2 Å². The predicted molar refractivity (Wildman–Crippen MR) is 102 cm³/mol. The van der Waals surface area contributed by atoms with E-state index in [1.165, 1.54) is 11.3 Å². The molecule has 2 rings (SSSR count). The van der Waals surface area contributed by atoms with Crippen molar-refractivity contribution in [1.29, 1.82) is 0 Å². The number of alkyl halides is 1. The molecule has 132 valence electrons. The van der Waals surface area contributed by atoms with Crippen LogP contribution in [-0.4, -0.2) is 35.0 Å². The summed E-state index contributed by atoms with van der Waals surface area (Å²) in [5, 5.41) is 3.44. The number of hydrogen-bond acceptors (Lipinski definition) is 5. The average Bonchev–Trinajstić information content (AvgIpc) is 2.95. The van der Waals surface area contributed by atoms with Gasteiger partial charge in [-0.05, 0) is 38.5 Å². The molecule has 0 aliphatic rings. The molecule has 0 saturated heterocycles. The first-order chi connectivity index (χ1) is 11.3. The van der Waals surface area contributed by atoms with Crippen LogP contribution >= 0.6 is 27.3 Å². The molecule has 0 radical (unpaired) electrons. The van der Waals surface area contributed by atoms with Crippen molar-refractivity contribution in [2.75, 3.05) is 19.0 Å². The van der Waals surface area contributed by atoms with Crippen LogP contribution in [0.25, 0.3) is 10.2 Å². The Kier molecular flexibility index (Phi) is 6.60. The third-order valence-electron chi connectivity index (χ3n) is 3.76. The van der Waals surface area contributed by atoms with Crippen molar-refractivity contribution in [1.82, 2.24) is 4.98 Å². The minimum Gasteiger partial charge on any atom is -0.493 e. The van der Waals surface area contributed by atoms with E-state index < -0.39 is 0 Å². The van der Waals surface area contributed by atoms with Crippen molar-refractivity contribution in [3.05, 3.63) is 18.2 Å². The molecule has 0 unspecified atom stereocenters. The molecule has 1 heterocycles. The Balaban J connectivity index is 2.02. The van der Waals surface area contributed by atoms with Gasteiger partial charge in [-0.1, -0.05) is 34.2 Å². The average molecular weight is 415 g/mol. The van der Waals surface area contributed by atoms with Crippen molar-refractivity contribution in [3.63, 3.8) is 0 Å². The largest absolute Gasteiger partial charge is 0.493 e. The second-order valence-electron chi connectivity index (χ2n) is 6.08. The number of ether oxygens (including phenoxy) is 2. The molecule has 0 fully saturated rings. The zero-order valence-electron chi connectivity index (χ0n) is 14.4. The number of aromatic nitrogens is 1. The van der Waals surface area contributed by atoms with Crippen LogP contribution in [-0.2, 0) is 9.53 Å². The molecule has 1 aromatic carbocycles. The summed E-state index contributed by atoms with van der Waals surface area (Å²) in [6, 6.07) is 5.75. The first-order valence-corrected chi connectivity index (χ1v) is 9.61. The van der Waals surface area contributed by atoms with Crippen LogP contribution in [0.1, 0.15) is 33.6 Å². The molecule has 7 heteroatoms. The van der Waals surface area contributed by atoms with Gasteiger partial charge in [0.1, 0.15) is 5.75 Å². The number of carbonyl (C=O) groups excluding carboxylic acids is 1. The summed E-state index contributed by atoms with van der Waals surface area (Å²) >= 11 is 4.78. The van der Waals surface area contributed by atoms with Gasteiger partial charge in [-0.2, -0.15) is 0 Å². The number of rotatable bonds is 8. The van der Waals surface area contributed by atoms with Crippen molar-refractivity contribution in [3.8, 4) is 5.75 Å². The highest BCUT2D eigenvalue weighted by Gasteiger charge is 2.17. The minimum atomic E-state index is -0.201. The number of fused-ring (bicyclic) bond motifs is 1. The van der Waals surface area contributed by atoms with E-state index in [1.807, 2.05) is 39.0 Å². The topological polar surface area (TPSA) is 60.5 Å². The first-order valence-electron chi connectivity index (χ1n) is 7.88. The van der Waals surface area contributed by atoms with E-state index in [0.717, 1.165) is 28.8 Å². The SMILES string of the molecule is CC[C@H](Br)C(=O)Nc1nc2ccc(OCCC(C)(C)OC)cc2s1.